The lowest BCUT2D eigenvalue weighted by Gasteiger charge is -2.12. The van der Waals surface area contributed by atoms with Gasteiger partial charge in [-0.1, -0.05) is 18.2 Å². The first kappa shape index (κ1) is 14.8. The maximum Gasteiger partial charge on any atom is 0.303 e. The van der Waals surface area contributed by atoms with E-state index in [2.05, 4.69) is 0 Å². The Kier molecular flexibility index (Phi) is 8.91. The summed E-state index contributed by atoms with van der Waals surface area (Å²) in [7, 11) is 0. The van der Waals surface area contributed by atoms with Crippen LogP contribution in [0.15, 0.2) is 0 Å². The van der Waals surface area contributed by atoms with Crippen LogP contribution in [0, 0.1) is 0 Å². The third-order valence-electron chi connectivity index (χ3n) is 1.93. The minimum atomic E-state index is -0.761. The van der Waals surface area contributed by atoms with Crippen LogP contribution in [0.3, 0.4) is 0 Å². The minimum absolute atomic E-state index is 0.100. The molecule has 0 aliphatic heterocycles. The smallest absolute Gasteiger partial charge is 0.303 e. The zero-order valence-electron chi connectivity index (χ0n) is 8.87. The molecule has 1 unspecified atom stereocenters. The van der Waals surface area contributed by atoms with Crippen molar-refractivity contribution in [3.8, 4) is 0 Å². The number of hydrogen-bond acceptors (Lipinski definition) is 3. The van der Waals surface area contributed by atoms with Crippen molar-refractivity contribution >= 4 is 34.4 Å². The quantitative estimate of drug-likeness (QED) is 0.533. The number of unbranched alkanes of at least 4 members (excludes halogenated alkanes) is 1. The highest BCUT2D eigenvalue weighted by Gasteiger charge is 2.11. The number of carbonyl (C=O) groups is 2. The molecule has 3 nitrogen and oxygen atoms in total. The van der Waals surface area contributed by atoms with Crippen LogP contribution in [0.4, 0.5) is 0 Å². The molecule has 0 rings (SSSR count). The Balaban J connectivity index is 3.65. The molecule has 0 aromatic heterocycles. The van der Waals surface area contributed by atoms with Gasteiger partial charge in [0.1, 0.15) is 0 Å². The maximum atomic E-state index is 10.9. The van der Waals surface area contributed by atoms with Crippen molar-refractivity contribution < 1.29 is 14.7 Å². The van der Waals surface area contributed by atoms with Gasteiger partial charge in [0.25, 0.3) is 0 Å². The summed E-state index contributed by atoms with van der Waals surface area (Å²) in [4.78, 5) is 21.2. The Morgan fingerprint density at radius 3 is 2.47 bits per heavy atom. The van der Waals surface area contributed by atoms with Gasteiger partial charge in [0.05, 0.1) is 0 Å². The zero-order chi connectivity index (χ0) is 11.7. The van der Waals surface area contributed by atoms with E-state index in [4.69, 9.17) is 16.7 Å². The SMILES string of the molecule is CC(=O)SC(CCCl)CCCCC(=O)O. The van der Waals surface area contributed by atoms with E-state index in [1.807, 2.05) is 0 Å². The fraction of sp³-hybridized carbons (Fsp3) is 0.800. The molecule has 88 valence electrons. The molecule has 0 saturated heterocycles. The Bertz CT molecular complexity index is 209. The number of halogens is 1. The van der Waals surface area contributed by atoms with Crippen molar-refractivity contribution in [2.45, 2.75) is 44.3 Å². The van der Waals surface area contributed by atoms with Crippen molar-refractivity contribution in [1.29, 1.82) is 0 Å². The summed E-state index contributed by atoms with van der Waals surface area (Å²) in [5.41, 5.74) is 0. The summed E-state index contributed by atoms with van der Waals surface area (Å²) >= 11 is 6.94. The Morgan fingerprint density at radius 2 is 2.00 bits per heavy atom. The van der Waals surface area contributed by atoms with Crippen molar-refractivity contribution in [2.75, 3.05) is 5.88 Å². The Morgan fingerprint density at radius 1 is 1.33 bits per heavy atom. The zero-order valence-corrected chi connectivity index (χ0v) is 10.4. The Hall–Kier alpha value is -0.220. The second-order valence-electron chi connectivity index (χ2n) is 3.35. The van der Waals surface area contributed by atoms with Gasteiger partial charge in [0, 0.05) is 24.5 Å². The van der Waals surface area contributed by atoms with E-state index in [1.54, 1.807) is 6.92 Å². The average molecular weight is 253 g/mol. The number of carboxylic acids is 1. The first-order chi connectivity index (χ1) is 7.06. The molecule has 0 spiro atoms. The van der Waals surface area contributed by atoms with Crippen molar-refractivity contribution in [1.82, 2.24) is 0 Å². The lowest BCUT2D eigenvalue weighted by molar-refractivity contribution is -0.137. The van der Waals surface area contributed by atoms with E-state index < -0.39 is 5.97 Å². The lowest BCUT2D eigenvalue weighted by Crippen LogP contribution is -2.07. The average Bonchev–Trinajstić information content (AvgIpc) is 2.11. The van der Waals surface area contributed by atoms with E-state index in [9.17, 15) is 9.59 Å². The second-order valence-corrected chi connectivity index (χ2v) is 5.20. The number of aliphatic carboxylic acids is 1. The van der Waals surface area contributed by atoms with Crippen molar-refractivity contribution in [3.05, 3.63) is 0 Å². The van der Waals surface area contributed by atoms with Crippen LogP contribution in [-0.2, 0) is 9.59 Å². The van der Waals surface area contributed by atoms with Crippen LogP contribution in [-0.4, -0.2) is 27.3 Å². The van der Waals surface area contributed by atoms with Crippen LogP contribution in [0.5, 0.6) is 0 Å². The van der Waals surface area contributed by atoms with Gasteiger partial charge < -0.3 is 5.11 Å². The molecule has 1 atom stereocenters. The van der Waals surface area contributed by atoms with Crippen LogP contribution >= 0.6 is 23.4 Å². The number of rotatable bonds is 8. The van der Waals surface area contributed by atoms with Crippen LogP contribution in [0.25, 0.3) is 0 Å². The van der Waals surface area contributed by atoms with Gasteiger partial charge in [-0.15, -0.1) is 11.6 Å². The number of alkyl halides is 1. The fourth-order valence-electron chi connectivity index (χ4n) is 1.27. The highest BCUT2D eigenvalue weighted by molar-refractivity contribution is 8.14. The first-order valence-corrected chi connectivity index (χ1v) is 6.42. The topological polar surface area (TPSA) is 54.4 Å². The molecule has 0 heterocycles. The third kappa shape index (κ3) is 10.1. The van der Waals surface area contributed by atoms with Gasteiger partial charge in [0.15, 0.2) is 5.12 Å². The predicted molar refractivity (Wildman–Crippen MR) is 63.5 cm³/mol. The largest absolute Gasteiger partial charge is 0.481 e. The van der Waals surface area contributed by atoms with E-state index in [0.29, 0.717) is 12.3 Å². The van der Waals surface area contributed by atoms with E-state index in [-0.39, 0.29) is 16.8 Å². The van der Waals surface area contributed by atoms with E-state index in [1.165, 1.54) is 11.8 Å². The summed E-state index contributed by atoms with van der Waals surface area (Å²) in [6, 6.07) is 0. The molecule has 0 radical (unpaired) electrons. The number of thioether (sulfide) groups is 1. The molecule has 0 aromatic carbocycles. The van der Waals surface area contributed by atoms with Crippen LogP contribution in [0.1, 0.15) is 39.0 Å². The number of carboxylic acid groups (broad SMARTS) is 1. The molecule has 0 bridgehead atoms. The fourth-order valence-corrected chi connectivity index (χ4v) is 2.65. The van der Waals surface area contributed by atoms with E-state index >= 15 is 0 Å². The van der Waals surface area contributed by atoms with E-state index in [0.717, 1.165) is 19.3 Å². The standard InChI is InChI=1S/C10H17ClO3S/c1-8(12)15-9(6-7-11)4-2-3-5-10(13)14/h9H,2-7H2,1H3,(H,13,14). The molecule has 0 aromatic rings. The van der Waals surface area contributed by atoms with Crippen molar-refractivity contribution in [3.63, 3.8) is 0 Å². The first-order valence-electron chi connectivity index (χ1n) is 5.01. The molecule has 0 fully saturated rings. The molecular weight excluding hydrogens is 236 g/mol. The summed E-state index contributed by atoms with van der Waals surface area (Å²) in [5, 5.41) is 8.79. The van der Waals surface area contributed by atoms with Gasteiger partial charge in [0.2, 0.25) is 0 Å². The monoisotopic (exact) mass is 252 g/mol. The summed E-state index contributed by atoms with van der Waals surface area (Å²) in [6.07, 6.45) is 3.39. The highest BCUT2D eigenvalue weighted by atomic mass is 35.5. The molecule has 0 aliphatic carbocycles. The Labute approximate surface area is 99.6 Å². The minimum Gasteiger partial charge on any atom is -0.481 e. The lowest BCUT2D eigenvalue weighted by atomic mass is 10.1. The van der Waals surface area contributed by atoms with Gasteiger partial charge in [-0.2, -0.15) is 0 Å². The predicted octanol–water partition coefficient (Wildman–Crippen LogP) is 2.91. The summed E-state index contributed by atoms with van der Waals surface area (Å²) in [5.74, 6) is -0.215. The molecule has 0 saturated carbocycles. The molecule has 0 amide bonds. The second kappa shape index (κ2) is 9.04. The summed E-state index contributed by atoms with van der Waals surface area (Å²) in [6.45, 7) is 1.54. The molecule has 15 heavy (non-hydrogen) atoms. The van der Waals surface area contributed by atoms with Crippen LogP contribution in [0.2, 0.25) is 0 Å². The molecule has 5 heteroatoms. The van der Waals surface area contributed by atoms with Gasteiger partial charge in [-0.3, -0.25) is 9.59 Å². The van der Waals surface area contributed by atoms with Gasteiger partial charge in [-0.25, -0.2) is 0 Å². The molecular formula is C10H17ClO3S. The maximum absolute atomic E-state index is 10.9. The van der Waals surface area contributed by atoms with Crippen molar-refractivity contribution in [2.24, 2.45) is 0 Å². The normalized spacial score (nSPS) is 12.4. The molecule has 1 N–H and O–H groups in total. The van der Waals surface area contributed by atoms with Gasteiger partial charge in [-0.05, 0) is 19.3 Å². The number of hydrogen-bond donors (Lipinski definition) is 1. The molecule has 0 aliphatic rings. The number of carbonyl (C=O) groups excluding carboxylic acids is 1. The van der Waals surface area contributed by atoms with Crippen LogP contribution < -0.4 is 0 Å². The third-order valence-corrected chi connectivity index (χ3v) is 3.29. The highest BCUT2D eigenvalue weighted by Crippen LogP contribution is 2.22. The summed E-state index contributed by atoms with van der Waals surface area (Å²) < 4.78 is 0. The van der Waals surface area contributed by atoms with Gasteiger partial charge >= 0.3 is 5.97 Å².